The van der Waals surface area contributed by atoms with Crippen LogP contribution < -0.4 is 9.64 Å². The fourth-order valence-electron chi connectivity index (χ4n) is 3.36. The zero-order valence-corrected chi connectivity index (χ0v) is 14.0. The minimum absolute atomic E-state index is 0.126. The van der Waals surface area contributed by atoms with Crippen LogP contribution in [0.15, 0.2) is 21.0 Å². The number of alkyl halides is 3. The van der Waals surface area contributed by atoms with E-state index < -0.39 is 18.2 Å². The van der Waals surface area contributed by atoms with E-state index in [0.29, 0.717) is 18.7 Å². The lowest BCUT2D eigenvalue weighted by Crippen LogP contribution is -2.70. The predicted octanol–water partition coefficient (Wildman–Crippen LogP) is 3.43. The first-order chi connectivity index (χ1) is 11.7. The maximum atomic E-state index is 12.4. The topological polar surface area (TPSA) is 79.0 Å². The number of aromatic nitrogens is 1. The third-order valence-corrected chi connectivity index (χ3v) is 4.91. The molecule has 2 aromatic rings. The number of carboxylic acid groups (broad SMARTS) is 1. The van der Waals surface area contributed by atoms with E-state index in [2.05, 4.69) is 25.7 Å². The van der Waals surface area contributed by atoms with Crippen LogP contribution in [0, 0.1) is 0 Å². The first kappa shape index (κ1) is 16.3. The Bertz CT molecular complexity index is 844. The second-order valence-corrected chi connectivity index (χ2v) is 6.79. The third-order valence-electron chi connectivity index (χ3n) is 4.33. The first-order valence-corrected chi connectivity index (χ1v) is 8.12. The maximum Gasteiger partial charge on any atom is 0.573 e. The summed E-state index contributed by atoms with van der Waals surface area (Å²) in [4.78, 5) is 18.6. The monoisotopic (exact) mass is 421 g/mol. The summed E-state index contributed by atoms with van der Waals surface area (Å²) in [6.07, 6.45) is -4.96. The van der Waals surface area contributed by atoms with E-state index >= 15 is 0 Å². The molecule has 11 heteroatoms. The summed E-state index contributed by atoms with van der Waals surface area (Å²) in [6.45, 7) is 0.859. The molecule has 134 valence electrons. The summed E-state index contributed by atoms with van der Waals surface area (Å²) >= 11 is 3.16. The van der Waals surface area contributed by atoms with E-state index in [0.717, 1.165) is 18.6 Å². The summed E-state index contributed by atoms with van der Waals surface area (Å²) in [5.41, 5.74) is 0.525. The van der Waals surface area contributed by atoms with Crippen LogP contribution in [0.25, 0.3) is 11.1 Å². The molecule has 1 N–H and O–H groups in total. The van der Waals surface area contributed by atoms with E-state index in [4.69, 9.17) is 9.52 Å². The molecule has 0 radical (unpaired) electrons. The molecule has 2 atom stereocenters. The van der Waals surface area contributed by atoms with Crippen molar-refractivity contribution in [3.63, 3.8) is 0 Å². The van der Waals surface area contributed by atoms with Gasteiger partial charge in [-0.2, -0.15) is 4.98 Å². The molecule has 3 aliphatic rings. The zero-order chi connectivity index (χ0) is 17.9. The SMILES string of the molecule is O=C(O)N1C2CC1CN(c1nc3cc(OC(F)(F)F)cc(Br)c3o1)C2. The van der Waals surface area contributed by atoms with Gasteiger partial charge in [-0.15, -0.1) is 13.2 Å². The van der Waals surface area contributed by atoms with E-state index in [1.54, 1.807) is 4.90 Å². The number of fused-ring (bicyclic) bond motifs is 3. The predicted molar refractivity (Wildman–Crippen MR) is 82.7 cm³/mol. The molecule has 0 spiro atoms. The fraction of sp³-hybridized carbons (Fsp3) is 0.429. The Kier molecular flexibility index (Phi) is 3.53. The second-order valence-electron chi connectivity index (χ2n) is 5.94. The van der Waals surface area contributed by atoms with Crippen molar-refractivity contribution < 1.29 is 32.2 Å². The quantitative estimate of drug-likeness (QED) is 0.799. The highest BCUT2D eigenvalue weighted by molar-refractivity contribution is 9.10. The number of piperidine rings is 1. The number of amides is 1. The number of nitrogens with zero attached hydrogens (tertiary/aromatic N) is 3. The number of halogens is 4. The standard InChI is InChI=1S/C14H11BrF3N3O4/c15-9-2-8(25-14(16,17)18)3-10-11(9)24-12(19-10)20-4-6-1-7(5-20)21(6)13(22)23/h2-3,6-7H,1,4-5H2,(H,22,23). The minimum Gasteiger partial charge on any atom is -0.465 e. The summed E-state index contributed by atoms with van der Waals surface area (Å²) in [7, 11) is 0. The number of benzene rings is 1. The molecule has 2 unspecified atom stereocenters. The van der Waals surface area contributed by atoms with Crippen LogP contribution >= 0.6 is 15.9 Å². The highest BCUT2D eigenvalue weighted by Crippen LogP contribution is 2.38. The third kappa shape index (κ3) is 2.86. The molecule has 1 aromatic heterocycles. The normalized spacial score (nSPS) is 22.9. The molecule has 2 bridgehead atoms. The van der Waals surface area contributed by atoms with Gasteiger partial charge >= 0.3 is 12.5 Å². The molecule has 0 saturated carbocycles. The molecule has 7 nitrogen and oxygen atoms in total. The number of carbonyl (C=O) groups is 1. The largest absolute Gasteiger partial charge is 0.573 e. The van der Waals surface area contributed by atoms with Crippen LogP contribution in [-0.2, 0) is 0 Å². The summed E-state index contributed by atoms with van der Waals surface area (Å²) in [5.74, 6) is -0.398. The Hall–Kier alpha value is -2.17. The molecule has 3 aliphatic heterocycles. The van der Waals surface area contributed by atoms with Crippen LogP contribution in [0.5, 0.6) is 5.75 Å². The van der Waals surface area contributed by atoms with Crippen molar-refractivity contribution in [2.75, 3.05) is 18.0 Å². The van der Waals surface area contributed by atoms with E-state index in [1.165, 1.54) is 4.90 Å². The summed E-state index contributed by atoms with van der Waals surface area (Å²) in [6, 6.07) is 2.30. The number of oxazole rings is 1. The molecule has 3 saturated heterocycles. The number of rotatable bonds is 2. The smallest absolute Gasteiger partial charge is 0.465 e. The van der Waals surface area contributed by atoms with Crippen LogP contribution in [0.3, 0.4) is 0 Å². The Balaban J connectivity index is 1.60. The van der Waals surface area contributed by atoms with Crippen molar-refractivity contribution in [1.29, 1.82) is 0 Å². The van der Waals surface area contributed by atoms with Gasteiger partial charge in [0.05, 0.1) is 16.6 Å². The zero-order valence-electron chi connectivity index (χ0n) is 12.5. The number of piperazine rings is 1. The van der Waals surface area contributed by atoms with Crippen molar-refractivity contribution in [2.45, 2.75) is 24.9 Å². The first-order valence-electron chi connectivity index (χ1n) is 7.33. The van der Waals surface area contributed by atoms with Gasteiger partial charge in [0.2, 0.25) is 0 Å². The molecular weight excluding hydrogens is 411 g/mol. The Morgan fingerprint density at radius 1 is 1.36 bits per heavy atom. The Morgan fingerprint density at radius 3 is 2.64 bits per heavy atom. The summed E-state index contributed by atoms with van der Waals surface area (Å²) in [5, 5.41) is 9.13. The average Bonchev–Trinajstić information content (AvgIpc) is 2.89. The molecule has 4 heterocycles. The molecule has 3 fully saturated rings. The van der Waals surface area contributed by atoms with Crippen molar-refractivity contribution in [3.8, 4) is 5.75 Å². The van der Waals surface area contributed by atoms with Gasteiger partial charge in [-0.3, -0.25) is 4.90 Å². The van der Waals surface area contributed by atoms with Crippen molar-refractivity contribution >= 4 is 39.1 Å². The molecule has 1 aromatic carbocycles. The van der Waals surface area contributed by atoms with E-state index in [9.17, 15) is 18.0 Å². The van der Waals surface area contributed by atoms with Gasteiger partial charge in [0.1, 0.15) is 11.3 Å². The van der Waals surface area contributed by atoms with Gasteiger partial charge < -0.3 is 19.2 Å². The van der Waals surface area contributed by atoms with Crippen molar-refractivity contribution in [3.05, 3.63) is 16.6 Å². The van der Waals surface area contributed by atoms with Crippen LogP contribution in [0.1, 0.15) is 6.42 Å². The van der Waals surface area contributed by atoms with E-state index in [-0.39, 0.29) is 28.1 Å². The van der Waals surface area contributed by atoms with Gasteiger partial charge in [-0.25, -0.2) is 4.79 Å². The van der Waals surface area contributed by atoms with Gasteiger partial charge in [-0.1, -0.05) is 0 Å². The van der Waals surface area contributed by atoms with Crippen LogP contribution in [-0.4, -0.2) is 52.6 Å². The number of anilines is 1. The van der Waals surface area contributed by atoms with E-state index in [1.807, 2.05) is 0 Å². The molecule has 1 amide bonds. The number of ether oxygens (including phenoxy) is 1. The lowest BCUT2D eigenvalue weighted by atomic mass is 9.88. The van der Waals surface area contributed by atoms with Crippen molar-refractivity contribution in [2.24, 2.45) is 0 Å². The molecular formula is C14H11BrF3N3O4. The van der Waals surface area contributed by atoms with Gasteiger partial charge in [0, 0.05) is 19.2 Å². The van der Waals surface area contributed by atoms with Crippen molar-refractivity contribution in [1.82, 2.24) is 9.88 Å². The minimum atomic E-state index is -4.80. The van der Waals surface area contributed by atoms with Gasteiger partial charge in [-0.05, 0) is 28.4 Å². The molecule has 0 aliphatic carbocycles. The Labute approximate surface area is 147 Å². The fourth-order valence-corrected chi connectivity index (χ4v) is 3.87. The second kappa shape index (κ2) is 5.41. The summed E-state index contributed by atoms with van der Waals surface area (Å²) < 4.78 is 47.0. The molecule has 5 rings (SSSR count). The lowest BCUT2D eigenvalue weighted by Gasteiger charge is -2.54. The maximum absolute atomic E-state index is 12.4. The Morgan fingerprint density at radius 2 is 2.04 bits per heavy atom. The van der Waals surface area contributed by atoms with Gasteiger partial charge in [0.15, 0.2) is 5.58 Å². The number of hydrogen-bond acceptors (Lipinski definition) is 5. The average molecular weight is 422 g/mol. The number of hydrogen-bond donors (Lipinski definition) is 1. The molecule has 25 heavy (non-hydrogen) atoms. The lowest BCUT2D eigenvalue weighted by molar-refractivity contribution is -0.274. The van der Waals surface area contributed by atoms with Crippen LogP contribution in [0.2, 0.25) is 0 Å². The van der Waals surface area contributed by atoms with Gasteiger partial charge in [0.25, 0.3) is 6.01 Å². The van der Waals surface area contributed by atoms with Crippen LogP contribution in [0.4, 0.5) is 24.0 Å². The highest BCUT2D eigenvalue weighted by atomic mass is 79.9. The highest BCUT2D eigenvalue weighted by Gasteiger charge is 2.48.